The van der Waals surface area contributed by atoms with Gasteiger partial charge >= 0.3 is 0 Å². The molecule has 2 unspecified atom stereocenters. The number of nitrogens with zero attached hydrogens (tertiary/aromatic N) is 2. The normalized spacial score (nSPS) is 21.0. The van der Waals surface area contributed by atoms with Gasteiger partial charge in [-0.15, -0.1) is 0 Å². The summed E-state index contributed by atoms with van der Waals surface area (Å²) in [6.07, 6.45) is 4.16. The first kappa shape index (κ1) is 21.5. The van der Waals surface area contributed by atoms with Gasteiger partial charge in [0.05, 0.1) is 5.92 Å². The van der Waals surface area contributed by atoms with Crippen molar-refractivity contribution in [2.24, 2.45) is 11.7 Å². The van der Waals surface area contributed by atoms with E-state index in [4.69, 9.17) is 5.73 Å². The number of primary amides is 1. The predicted octanol–water partition coefficient (Wildman–Crippen LogP) is 3.16. The predicted molar refractivity (Wildman–Crippen MR) is 122 cm³/mol. The Bertz CT molecular complexity index is 878. The number of piperidine rings is 1. The molecule has 0 aromatic heterocycles. The van der Waals surface area contributed by atoms with Crippen LogP contribution in [0.25, 0.3) is 0 Å². The Hall–Kier alpha value is -2.70. The van der Waals surface area contributed by atoms with Crippen LogP contribution in [0.5, 0.6) is 0 Å². The van der Waals surface area contributed by atoms with Crippen LogP contribution < -0.4 is 11.1 Å². The monoisotopic (exact) mass is 420 g/mol. The molecule has 2 saturated heterocycles. The van der Waals surface area contributed by atoms with E-state index >= 15 is 0 Å². The van der Waals surface area contributed by atoms with Gasteiger partial charge in [0.15, 0.2) is 0 Å². The van der Waals surface area contributed by atoms with Crippen LogP contribution in [0, 0.1) is 5.92 Å². The summed E-state index contributed by atoms with van der Waals surface area (Å²) in [5.41, 5.74) is 8.50. The number of anilines is 1. The molecular weight excluding hydrogens is 388 g/mol. The van der Waals surface area contributed by atoms with Crippen LogP contribution in [0.15, 0.2) is 54.6 Å². The lowest BCUT2D eigenvalue weighted by Crippen LogP contribution is -2.40. The van der Waals surface area contributed by atoms with Gasteiger partial charge in [-0.3, -0.25) is 19.4 Å². The van der Waals surface area contributed by atoms with Crippen LogP contribution in [-0.4, -0.2) is 47.8 Å². The number of hydrogen-bond acceptors (Lipinski definition) is 4. The van der Waals surface area contributed by atoms with Crippen LogP contribution in [-0.2, 0) is 16.1 Å². The number of likely N-dealkylation sites (tertiary alicyclic amines) is 2. The fourth-order valence-electron chi connectivity index (χ4n) is 4.76. The number of nitrogens with two attached hydrogens (primary N) is 1. The van der Waals surface area contributed by atoms with E-state index in [9.17, 15) is 9.59 Å². The third-order valence-electron chi connectivity index (χ3n) is 6.40. The summed E-state index contributed by atoms with van der Waals surface area (Å²) in [5, 5.41) is 3.11. The smallest absolute Gasteiger partial charge is 0.246 e. The van der Waals surface area contributed by atoms with Gasteiger partial charge in [0.2, 0.25) is 11.8 Å². The van der Waals surface area contributed by atoms with Crippen molar-refractivity contribution in [1.29, 1.82) is 0 Å². The first-order valence-corrected chi connectivity index (χ1v) is 11.3. The fourth-order valence-corrected chi connectivity index (χ4v) is 4.76. The van der Waals surface area contributed by atoms with Gasteiger partial charge in [-0.2, -0.15) is 0 Å². The third-order valence-corrected chi connectivity index (χ3v) is 6.40. The van der Waals surface area contributed by atoms with Crippen molar-refractivity contribution in [3.63, 3.8) is 0 Å². The highest BCUT2D eigenvalue weighted by molar-refractivity contribution is 5.95. The molecule has 2 aromatic rings. The SMILES string of the molecule is NC(=O)C1CCCN(Cc2ccc(NC(=O)C(c3ccccc3)N3CCCC3)cc2)C1. The summed E-state index contributed by atoms with van der Waals surface area (Å²) >= 11 is 0. The summed E-state index contributed by atoms with van der Waals surface area (Å²) in [6, 6.07) is 17.8. The van der Waals surface area contributed by atoms with Crippen LogP contribution >= 0.6 is 0 Å². The molecule has 2 atom stereocenters. The van der Waals surface area contributed by atoms with E-state index in [0.717, 1.165) is 69.7 Å². The summed E-state index contributed by atoms with van der Waals surface area (Å²) in [5.74, 6) is -0.234. The zero-order valence-corrected chi connectivity index (χ0v) is 18.0. The Kier molecular flexibility index (Phi) is 6.99. The average molecular weight is 421 g/mol. The lowest BCUT2D eigenvalue weighted by Gasteiger charge is -2.31. The molecule has 2 aromatic carbocycles. The van der Waals surface area contributed by atoms with Crippen molar-refractivity contribution >= 4 is 17.5 Å². The second-order valence-corrected chi connectivity index (χ2v) is 8.72. The molecule has 0 bridgehead atoms. The Labute approximate surface area is 184 Å². The lowest BCUT2D eigenvalue weighted by atomic mass is 9.97. The van der Waals surface area contributed by atoms with E-state index in [2.05, 4.69) is 27.2 Å². The molecule has 0 radical (unpaired) electrons. The molecule has 0 saturated carbocycles. The van der Waals surface area contributed by atoms with Crippen LogP contribution in [0.4, 0.5) is 5.69 Å². The number of benzene rings is 2. The Balaban J connectivity index is 1.39. The van der Waals surface area contributed by atoms with Gasteiger partial charge in [-0.05, 0) is 68.6 Å². The number of carbonyl (C=O) groups is 2. The first-order valence-electron chi connectivity index (χ1n) is 11.3. The molecule has 2 aliphatic heterocycles. The minimum Gasteiger partial charge on any atom is -0.369 e. The number of rotatable bonds is 7. The van der Waals surface area contributed by atoms with Gasteiger partial charge in [-0.1, -0.05) is 42.5 Å². The number of carbonyl (C=O) groups excluding carboxylic acids is 2. The van der Waals surface area contributed by atoms with Crippen molar-refractivity contribution < 1.29 is 9.59 Å². The maximum Gasteiger partial charge on any atom is 0.246 e. The van der Waals surface area contributed by atoms with Crippen molar-refractivity contribution in [1.82, 2.24) is 9.80 Å². The summed E-state index contributed by atoms with van der Waals surface area (Å²) < 4.78 is 0. The number of amides is 2. The van der Waals surface area contributed by atoms with E-state index in [1.165, 1.54) is 5.56 Å². The van der Waals surface area contributed by atoms with Crippen molar-refractivity contribution in [3.8, 4) is 0 Å². The Morgan fingerprint density at radius 1 is 0.968 bits per heavy atom. The fraction of sp³-hybridized carbons (Fsp3) is 0.440. The van der Waals surface area contributed by atoms with Gasteiger partial charge in [0.1, 0.15) is 6.04 Å². The highest BCUT2D eigenvalue weighted by Gasteiger charge is 2.29. The molecular formula is C25H32N4O2. The van der Waals surface area contributed by atoms with E-state index in [1.807, 2.05) is 42.5 Å². The molecule has 0 aliphatic carbocycles. The molecule has 3 N–H and O–H groups in total. The highest BCUT2D eigenvalue weighted by Crippen LogP contribution is 2.27. The molecule has 31 heavy (non-hydrogen) atoms. The minimum absolute atomic E-state index is 0.0150. The van der Waals surface area contributed by atoms with Gasteiger partial charge in [-0.25, -0.2) is 0 Å². The molecule has 2 fully saturated rings. The molecule has 0 spiro atoms. The van der Waals surface area contributed by atoms with Gasteiger partial charge in [0.25, 0.3) is 0 Å². The van der Waals surface area contributed by atoms with Crippen molar-refractivity contribution in [3.05, 3.63) is 65.7 Å². The first-order chi connectivity index (χ1) is 15.1. The minimum atomic E-state index is -0.262. The number of nitrogens with one attached hydrogen (secondary N) is 1. The molecule has 2 heterocycles. The number of hydrogen-bond donors (Lipinski definition) is 2. The molecule has 6 nitrogen and oxygen atoms in total. The zero-order valence-electron chi connectivity index (χ0n) is 18.0. The summed E-state index contributed by atoms with van der Waals surface area (Å²) in [6.45, 7) is 4.40. The van der Waals surface area contributed by atoms with Crippen molar-refractivity contribution in [2.75, 3.05) is 31.5 Å². The molecule has 6 heteroatoms. The molecule has 4 rings (SSSR count). The van der Waals surface area contributed by atoms with Gasteiger partial charge in [0, 0.05) is 18.8 Å². The maximum absolute atomic E-state index is 13.2. The van der Waals surface area contributed by atoms with E-state index in [1.54, 1.807) is 0 Å². The van der Waals surface area contributed by atoms with Gasteiger partial charge < -0.3 is 11.1 Å². The van der Waals surface area contributed by atoms with E-state index < -0.39 is 0 Å². The second kappa shape index (κ2) is 10.1. The zero-order chi connectivity index (χ0) is 21.6. The standard InChI is InChI=1S/C25H32N4O2/c26-24(30)21-9-6-14-28(18-21)17-19-10-12-22(13-11-19)27-25(31)23(29-15-4-5-16-29)20-7-2-1-3-8-20/h1-3,7-8,10-13,21,23H,4-6,9,14-18H2,(H2,26,30)(H,27,31). The third kappa shape index (κ3) is 5.51. The Morgan fingerprint density at radius 2 is 1.68 bits per heavy atom. The lowest BCUT2D eigenvalue weighted by molar-refractivity contribution is -0.123. The molecule has 2 aliphatic rings. The summed E-state index contributed by atoms with van der Waals surface area (Å²) in [7, 11) is 0. The van der Waals surface area contributed by atoms with Crippen molar-refractivity contribution in [2.45, 2.75) is 38.3 Å². The largest absolute Gasteiger partial charge is 0.369 e. The maximum atomic E-state index is 13.2. The Morgan fingerprint density at radius 3 is 2.35 bits per heavy atom. The molecule has 164 valence electrons. The van der Waals surface area contributed by atoms with Crippen LogP contribution in [0.2, 0.25) is 0 Å². The topological polar surface area (TPSA) is 78.7 Å². The molecule has 2 amide bonds. The van der Waals surface area contributed by atoms with Crippen LogP contribution in [0.3, 0.4) is 0 Å². The van der Waals surface area contributed by atoms with E-state index in [-0.39, 0.29) is 23.8 Å². The summed E-state index contributed by atoms with van der Waals surface area (Å²) in [4.78, 5) is 29.3. The van der Waals surface area contributed by atoms with E-state index in [0.29, 0.717) is 0 Å². The quantitative estimate of drug-likeness (QED) is 0.721. The highest BCUT2D eigenvalue weighted by atomic mass is 16.2. The van der Waals surface area contributed by atoms with Crippen LogP contribution in [0.1, 0.15) is 42.9 Å². The average Bonchev–Trinajstić information content (AvgIpc) is 3.30. The second-order valence-electron chi connectivity index (χ2n) is 8.72.